The van der Waals surface area contributed by atoms with E-state index >= 15 is 0 Å². The topological polar surface area (TPSA) is 125 Å². The maximum absolute atomic E-state index is 8.88. The molecule has 0 amide bonds. The minimum atomic E-state index is -4.64. The van der Waals surface area contributed by atoms with Crippen LogP contribution in [-0.4, -0.2) is 14.7 Å². The predicted molar refractivity (Wildman–Crippen MR) is 46.1 cm³/mol. The highest BCUT2D eigenvalue weighted by Crippen LogP contribution is 2.25. The molecule has 7 heteroatoms. The normalized spacial score (nSPS) is 7.62. The van der Waals surface area contributed by atoms with Crippen LogP contribution in [0.25, 0.3) is 0 Å². The van der Waals surface area contributed by atoms with Crippen LogP contribution in [-0.2, 0) is 4.57 Å². The SMILES string of the molecule is CCC#N.CCC#N.O=P(O)(O)O. The van der Waals surface area contributed by atoms with Crippen molar-refractivity contribution in [2.75, 3.05) is 0 Å². The van der Waals surface area contributed by atoms with Gasteiger partial charge in [0.15, 0.2) is 0 Å². The van der Waals surface area contributed by atoms with Gasteiger partial charge in [0.25, 0.3) is 0 Å². The van der Waals surface area contributed by atoms with Crippen molar-refractivity contribution < 1.29 is 19.2 Å². The lowest BCUT2D eigenvalue weighted by Gasteiger charge is -1.82. The van der Waals surface area contributed by atoms with Crippen LogP contribution < -0.4 is 0 Å². The van der Waals surface area contributed by atoms with E-state index in [1.807, 2.05) is 26.0 Å². The summed E-state index contributed by atoms with van der Waals surface area (Å²) in [5.74, 6) is 0. The Bertz CT molecular complexity index is 189. The molecule has 0 radical (unpaired) electrons. The van der Waals surface area contributed by atoms with Crippen molar-refractivity contribution in [1.82, 2.24) is 0 Å². The highest BCUT2D eigenvalue weighted by Gasteiger charge is 2.00. The Morgan fingerprint density at radius 3 is 1.15 bits per heavy atom. The third-order valence-electron chi connectivity index (χ3n) is 0.316. The molecule has 76 valence electrons. The third-order valence-corrected chi connectivity index (χ3v) is 0.316. The van der Waals surface area contributed by atoms with Crippen LogP contribution in [0.5, 0.6) is 0 Å². The van der Waals surface area contributed by atoms with Gasteiger partial charge in [0.2, 0.25) is 0 Å². The predicted octanol–water partition coefficient (Wildman–Crippen LogP) is 0.911. The molecule has 0 rings (SSSR count). The molecular weight excluding hydrogens is 195 g/mol. The van der Waals surface area contributed by atoms with E-state index in [9.17, 15) is 0 Å². The maximum Gasteiger partial charge on any atom is 0.466 e. The van der Waals surface area contributed by atoms with Crippen LogP contribution >= 0.6 is 7.82 Å². The molecule has 0 aromatic rings. The first kappa shape index (κ1) is 18.0. The Morgan fingerprint density at radius 2 is 1.15 bits per heavy atom. The Hall–Kier alpha value is -0.910. The molecule has 6 nitrogen and oxygen atoms in total. The first-order chi connectivity index (χ1) is 5.83. The molecule has 3 N–H and O–H groups in total. The van der Waals surface area contributed by atoms with E-state index in [1.165, 1.54) is 0 Å². The van der Waals surface area contributed by atoms with Gasteiger partial charge >= 0.3 is 7.82 Å². The monoisotopic (exact) mass is 208 g/mol. The molecule has 0 bridgehead atoms. The summed E-state index contributed by atoms with van der Waals surface area (Å²) in [7, 11) is -4.64. The van der Waals surface area contributed by atoms with E-state index in [-0.39, 0.29) is 0 Å². The van der Waals surface area contributed by atoms with E-state index in [0.717, 1.165) is 0 Å². The van der Waals surface area contributed by atoms with Gasteiger partial charge in [-0.05, 0) is 0 Å². The Kier molecular flexibility index (Phi) is 18.9. The van der Waals surface area contributed by atoms with Gasteiger partial charge in [-0.1, -0.05) is 13.8 Å². The minimum Gasteiger partial charge on any atom is -0.303 e. The first-order valence-electron chi connectivity index (χ1n) is 3.35. The number of nitriles is 2. The van der Waals surface area contributed by atoms with Crippen molar-refractivity contribution in [3.05, 3.63) is 0 Å². The number of rotatable bonds is 0. The summed E-state index contributed by atoms with van der Waals surface area (Å²) in [6.07, 6.45) is 1.25. The van der Waals surface area contributed by atoms with Gasteiger partial charge in [-0.15, -0.1) is 0 Å². The molecule has 0 aliphatic heterocycles. The van der Waals surface area contributed by atoms with Crippen LogP contribution in [0.3, 0.4) is 0 Å². The molecule has 13 heavy (non-hydrogen) atoms. The maximum atomic E-state index is 8.88. The second kappa shape index (κ2) is 13.7. The van der Waals surface area contributed by atoms with Crippen LogP contribution in [0.2, 0.25) is 0 Å². The molecule has 0 aliphatic carbocycles. The smallest absolute Gasteiger partial charge is 0.303 e. The average Bonchev–Trinajstić information content (AvgIpc) is 2.01. The van der Waals surface area contributed by atoms with Crippen molar-refractivity contribution in [2.45, 2.75) is 26.7 Å². The standard InChI is InChI=1S/2C3H5N.H3O4P/c2*1-2-3-4;1-5(2,3)4/h2*2H2,1H3;(H3,1,2,3,4). The molecular formula is C6H13N2O4P. The van der Waals surface area contributed by atoms with Crippen LogP contribution in [0.4, 0.5) is 0 Å². The van der Waals surface area contributed by atoms with Crippen molar-refractivity contribution in [3.8, 4) is 12.1 Å². The average molecular weight is 208 g/mol. The van der Waals surface area contributed by atoms with E-state index in [2.05, 4.69) is 0 Å². The quantitative estimate of drug-likeness (QED) is 0.508. The number of hydrogen-bond acceptors (Lipinski definition) is 3. The summed E-state index contributed by atoms with van der Waals surface area (Å²) in [4.78, 5) is 21.6. The number of hydrogen-bond donors (Lipinski definition) is 3. The third kappa shape index (κ3) is 771. The zero-order valence-electron chi connectivity index (χ0n) is 7.51. The van der Waals surface area contributed by atoms with E-state index in [1.54, 1.807) is 0 Å². The van der Waals surface area contributed by atoms with Crippen LogP contribution in [0.1, 0.15) is 26.7 Å². The molecule has 0 aromatic heterocycles. The number of phosphoric acid groups is 1. The largest absolute Gasteiger partial charge is 0.466 e. The van der Waals surface area contributed by atoms with E-state index in [0.29, 0.717) is 12.8 Å². The first-order valence-corrected chi connectivity index (χ1v) is 4.92. The Labute approximate surface area is 77.3 Å². The Morgan fingerprint density at radius 1 is 1.08 bits per heavy atom. The van der Waals surface area contributed by atoms with E-state index in [4.69, 9.17) is 29.8 Å². The summed E-state index contributed by atoms with van der Waals surface area (Å²) in [5, 5.41) is 15.2. The molecule has 0 fully saturated rings. The number of nitrogens with zero attached hydrogens (tertiary/aromatic N) is 2. The highest BCUT2D eigenvalue weighted by molar-refractivity contribution is 7.45. The van der Waals surface area contributed by atoms with Gasteiger partial charge in [0.05, 0.1) is 12.1 Å². The van der Waals surface area contributed by atoms with Crippen molar-refractivity contribution in [2.24, 2.45) is 0 Å². The Balaban J connectivity index is -0.000000117. The minimum absolute atomic E-state index is 0.625. The fraction of sp³-hybridized carbons (Fsp3) is 0.667. The molecule has 0 saturated heterocycles. The lowest BCUT2D eigenvalue weighted by Crippen LogP contribution is -1.66. The summed E-state index contributed by atoms with van der Waals surface area (Å²) in [6.45, 7) is 3.64. The van der Waals surface area contributed by atoms with Crippen molar-refractivity contribution in [3.63, 3.8) is 0 Å². The summed E-state index contributed by atoms with van der Waals surface area (Å²) < 4.78 is 8.88. The second-order valence-corrected chi connectivity index (χ2v) is 2.56. The second-order valence-electron chi connectivity index (χ2n) is 1.54. The zero-order valence-corrected chi connectivity index (χ0v) is 8.40. The van der Waals surface area contributed by atoms with Gasteiger partial charge in [0, 0.05) is 12.8 Å². The molecule has 0 aliphatic rings. The molecule has 0 atom stereocenters. The fourth-order valence-electron chi connectivity index (χ4n) is 0. The summed E-state index contributed by atoms with van der Waals surface area (Å²) in [6, 6.07) is 3.86. The summed E-state index contributed by atoms with van der Waals surface area (Å²) >= 11 is 0. The molecule has 0 spiro atoms. The molecule has 0 saturated carbocycles. The van der Waals surface area contributed by atoms with Gasteiger partial charge in [-0.25, -0.2) is 4.57 Å². The lowest BCUT2D eigenvalue weighted by atomic mass is 10.6. The van der Waals surface area contributed by atoms with Gasteiger partial charge in [-0.3, -0.25) is 0 Å². The lowest BCUT2D eigenvalue weighted by molar-refractivity contribution is 0.275. The van der Waals surface area contributed by atoms with Gasteiger partial charge in [0.1, 0.15) is 0 Å². The fourth-order valence-corrected chi connectivity index (χ4v) is 0. The van der Waals surface area contributed by atoms with Crippen LogP contribution in [0, 0.1) is 22.7 Å². The van der Waals surface area contributed by atoms with E-state index < -0.39 is 7.82 Å². The van der Waals surface area contributed by atoms with Crippen LogP contribution in [0.15, 0.2) is 0 Å². The van der Waals surface area contributed by atoms with Crippen molar-refractivity contribution in [1.29, 1.82) is 10.5 Å². The molecule has 0 heterocycles. The van der Waals surface area contributed by atoms with Crippen molar-refractivity contribution >= 4 is 7.82 Å². The van der Waals surface area contributed by atoms with Gasteiger partial charge < -0.3 is 14.7 Å². The zero-order chi connectivity index (χ0) is 11.3. The highest BCUT2D eigenvalue weighted by atomic mass is 31.2. The molecule has 0 aromatic carbocycles. The molecule has 0 unspecified atom stereocenters. The summed E-state index contributed by atoms with van der Waals surface area (Å²) in [5.41, 5.74) is 0. The van der Waals surface area contributed by atoms with Gasteiger partial charge in [-0.2, -0.15) is 10.5 Å².